The highest BCUT2D eigenvalue weighted by Crippen LogP contribution is 2.12. The lowest BCUT2D eigenvalue weighted by Crippen LogP contribution is -2.44. The van der Waals surface area contributed by atoms with Crippen LogP contribution < -0.4 is 0 Å². The summed E-state index contributed by atoms with van der Waals surface area (Å²) in [6.45, 7) is 7.47. The normalized spacial score (nSPS) is 11.8. The first-order chi connectivity index (χ1) is 8.47. The van der Waals surface area contributed by atoms with E-state index in [1.54, 1.807) is 6.92 Å². The first-order valence-corrected chi connectivity index (χ1v) is 6.33. The SMILES string of the molecule is CCCC(C#N)C(=O)N(CC(=O)OCC)C(C)C. The summed E-state index contributed by atoms with van der Waals surface area (Å²) < 4.78 is 4.83. The van der Waals surface area contributed by atoms with Crippen LogP contribution >= 0.6 is 0 Å². The van der Waals surface area contributed by atoms with Gasteiger partial charge in [0.1, 0.15) is 12.5 Å². The van der Waals surface area contributed by atoms with Gasteiger partial charge in [-0.3, -0.25) is 9.59 Å². The maximum Gasteiger partial charge on any atom is 0.325 e. The quantitative estimate of drug-likeness (QED) is 0.649. The zero-order valence-electron chi connectivity index (χ0n) is 11.6. The first-order valence-electron chi connectivity index (χ1n) is 6.33. The minimum absolute atomic E-state index is 0.0910. The van der Waals surface area contributed by atoms with E-state index in [1.165, 1.54) is 4.90 Å². The Morgan fingerprint density at radius 1 is 1.33 bits per heavy atom. The van der Waals surface area contributed by atoms with Gasteiger partial charge in [-0.15, -0.1) is 0 Å². The molecule has 0 spiro atoms. The van der Waals surface area contributed by atoms with Crippen LogP contribution in [0.3, 0.4) is 0 Å². The maximum absolute atomic E-state index is 12.1. The Bertz CT molecular complexity index is 321. The second-order valence-corrected chi connectivity index (χ2v) is 4.34. The predicted molar refractivity (Wildman–Crippen MR) is 67.5 cm³/mol. The molecule has 1 unspecified atom stereocenters. The van der Waals surface area contributed by atoms with Gasteiger partial charge < -0.3 is 9.64 Å². The molecule has 0 aliphatic carbocycles. The highest BCUT2D eigenvalue weighted by atomic mass is 16.5. The number of hydrogen-bond donors (Lipinski definition) is 0. The molecule has 5 heteroatoms. The van der Waals surface area contributed by atoms with Crippen LogP contribution in [0.25, 0.3) is 0 Å². The number of amides is 1. The maximum atomic E-state index is 12.1. The van der Waals surface area contributed by atoms with Crippen molar-refractivity contribution in [1.82, 2.24) is 4.90 Å². The van der Waals surface area contributed by atoms with E-state index in [0.717, 1.165) is 6.42 Å². The van der Waals surface area contributed by atoms with E-state index in [4.69, 9.17) is 10.00 Å². The van der Waals surface area contributed by atoms with Crippen molar-refractivity contribution in [3.63, 3.8) is 0 Å². The molecule has 0 heterocycles. The highest BCUT2D eigenvalue weighted by Gasteiger charge is 2.27. The number of rotatable bonds is 7. The number of hydrogen-bond acceptors (Lipinski definition) is 4. The Hall–Kier alpha value is -1.57. The van der Waals surface area contributed by atoms with E-state index in [1.807, 2.05) is 26.8 Å². The van der Waals surface area contributed by atoms with E-state index >= 15 is 0 Å². The van der Waals surface area contributed by atoms with Gasteiger partial charge in [-0.2, -0.15) is 5.26 Å². The van der Waals surface area contributed by atoms with E-state index in [0.29, 0.717) is 6.42 Å². The van der Waals surface area contributed by atoms with Gasteiger partial charge in [0.2, 0.25) is 5.91 Å². The number of carbonyl (C=O) groups excluding carboxylic acids is 2. The van der Waals surface area contributed by atoms with Crippen molar-refractivity contribution in [3.05, 3.63) is 0 Å². The third-order valence-electron chi connectivity index (χ3n) is 2.54. The summed E-state index contributed by atoms with van der Waals surface area (Å²) in [5, 5.41) is 8.98. The van der Waals surface area contributed by atoms with Gasteiger partial charge in [0.05, 0.1) is 12.7 Å². The van der Waals surface area contributed by atoms with Crippen LogP contribution in [-0.2, 0) is 14.3 Å². The number of nitrogens with zero attached hydrogens (tertiary/aromatic N) is 2. The van der Waals surface area contributed by atoms with Crippen LogP contribution in [-0.4, -0.2) is 36.0 Å². The Balaban J connectivity index is 4.73. The standard InChI is InChI=1S/C13H22N2O3/c1-5-7-11(8-14)13(17)15(10(3)4)9-12(16)18-6-2/h10-11H,5-7,9H2,1-4H3. The van der Waals surface area contributed by atoms with E-state index < -0.39 is 11.9 Å². The summed E-state index contributed by atoms with van der Waals surface area (Å²) in [7, 11) is 0. The van der Waals surface area contributed by atoms with Crippen molar-refractivity contribution in [2.24, 2.45) is 5.92 Å². The number of nitriles is 1. The Morgan fingerprint density at radius 3 is 2.33 bits per heavy atom. The fraction of sp³-hybridized carbons (Fsp3) is 0.769. The third-order valence-corrected chi connectivity index (χ3v) is 2.54. The lowest BCUT2D eigenvalue weighted by atomic mass is 10.0. The topological polar surface area (TPSA) is 70.4 Å². The molecule has 0 aromatic carbocycles. The number of esters is 1. The summed E-state index contributed by atoms with van der Waals surface area (Å²) in [5.41, 5.74) is 0. The summed E-state index contributed by atoms with van der Waals surface area (Å²) >= 11 is 0. The van der Waals surface area contributed by atoms with Gasteiger partial charge >= 0.3 is 5.97 Å². The van der Waals surface area contributed by atoms with E-state index in [-0.39, 0.29) is 25.1 Å². The third kappa shape index (κ3) is 5.17. The molecule has 1 amide bonds. The van der Waals surface area contributed by atoms with Gasteiger partial charge in [-0.25, -0.2) is 0 Å². The molecule has 0 rings (SSSR count). The van der Waals surface area contributed by atoms with Gasteiger partial charge in [-0.05, 0) is 27.2 Å². The van der Waals surface area contributed by atoms with Crippen molar-refractivity contribution in [2.45, 2.75) is 46.6 Å². The second kappa shape index (κ2) is 8.51. The van der Waals surface area contributed by atoms with Crippen LogP contribution in [0.2, 0.25) is 0 Å². The summed E-state index contributed by atoms with van der Waals surface area (Å²) in [4.78, 5) is 25.0. The Labute approximate surface area is 109 Å². The molecule has 0 saturated heterocycles. The van der Waals surface area contributed by atoms with Gasteiger partial charge in [0, 0.05) is 6.04 Å². The molecule has 0 aliphatic rings. The minimum Gasteiger partial charge on any atom is -0.465 e. The molecule has 18 heavy (non-hydrogen) atoms. The zero-order valence-corrected chi connectivity index (χ0v) is 11.6. The lowest BCUT2D eigenvalue weighted by Gasteiger charge is -2.27. The van der Waals surface area contributed by atoms with Crippen molar-refractivity contribution < 1.29 is 14.3 Å². The van der Waals surface area contributed by atoms with Crippen LogP contribution in [0.15, 0.2) is 0 Å². The molecule has 0 aromatic heterocycles. The van der Waals surface area contributed by atoms with Crippen molar-refractivity contribution in [2.75, 3.05) is 13.2 Å². The second-order valence-electron chi connectivity index (χ2n) is 4.34. The molecule has 0 aliphatic heterocycles. The molecular formula is C13H22N2O3. The monoisotopic (exact) mass is 254 g/mol. The Kier molecular flexibility index (Phi) is 7.77. The predicted octanol–water partition coefficient (Wildman–Crippen LogP) is 1.73. The molecule has 1 atom stereocenters. The zero-order chi connectivity index (χ0) is 14.1. The Morgan fingerprint density at radius 2 is 1.94 bits per heavy atom. The first kappa shape index (κ1) is 16.4. The molecular weight excluding hydrogens is 232 g/mol. The van der Waals surface area contributed by atoms with Crippen LogP contribution in [0.1, 0.15) is 40.5 Å². The van der Waals surface area contributed by atoms with Crippen LogP contribution in [0.4, 0.5) is 0 Å². The van der Waals surface area contributed by atoms with Gasteiger partial charge in [0.25, 0.3) is 0 Å². The summed E-state index contributed by atoms with van der Waals surface area (Å²) in [6.07, 6.45) is 1.27. The average molecular weight is 254 g/mol. The molecule has 0 saturated carbocycles. The molecule has 0 N–H and O–H groups in total. The summed E-state index contributed by atoms with van der Waals surface area (Å²) in [6, 6.07) is 1.87. The largest absolute Gasteiger partial charge is 0.465 e. The average Bonchev–Trinajstić information content (AvgIpc) is 2.32. The van der Waals surface area contributed by atoms with E-state index in [9.17, 15) is 9.59 Å². The van der Waals surface area contributed by atoms with Gasteiger partial charge in [-0.1, -0.05) is 13.3 Å². The lowest BCUT2D eigenvalue weighted by molar-refractivity contribution is -0.151. The molecule has 0 bridgehead atoms. The molecule has 0 fully saturated rings. The number of carbonyl (C=O) groups is 2. The molecule has 0 radical (unpaired) electrons. The van der Waals surface area contributed by atoms with Crippen LogP contribution in [0.5, 0.6) is 0 Å². The molecule has 5 nitrogen and oxygen atoms in total. The van der Waals surface area contributed by atoms with Crippen LogP contribution in [0, 0.1) is 17.2 Å². The smallest absolute Gasteiger partial charge is 0.325 e. The van der Waals surface area contributed by atoms with Crippen molar-refractivity contribution in [1.29, 1.82) is 5.26 Å². The molecule has 0 aromatic rings. The van der Waals surface area contributed by atoms with E-state index in [2.05, 4.69) is 0 Å². The summed E-state index contributed by atoms with van der Waals surface area (Å²) in [5.74, 6) is -1.40. The van der Waals surface area contributed by atoms with Crippen molar-refractivity contribution in [3.8, 4) is 6.07 Å². The fourth-order valence-corrected chi connectivity index (χ4v) is 1.59. The van der Waals surface area contributed by atoms with Gasteiger partial charge in [0.15, 0.2) is 0 Å². The molecule has 102 valence electrons. The number of ether oxygens (including phenoxy) is 1. The fourth-order valence-electron chi connectivity index (χ4n) is 1.59. The van der Waals surface area contributed by atoms with Crippen molar-refractivity contribution >= 4 is 11.9 Å². The minimum atomic E-state index is -0.674. The highest BCUT2D eigenvalue weighted by molar-refractivity contribution is 5.85.